The number of hydrogen-bond acceptors (Lipinski definition) is 6. The first-order valence-corrected chi connectivity index (χ1v) is 11.1. The summed E-state index contributed by atoms with van der Waals surface area (Å²) in [6, 6.07) is 2.83. The molecule has 2 aliphatic heterocycles. The molecule has 2 aliphatic rings. The van der Waals surface area contributed by atoms with Gasteiger partial charge in [-0.2, -0.15) is 0 Å². The van der Waals surface area contributed by atoms with Crippen LogP contribution in [-0.4, -0.2) is 48.7 Å². The average molecular weight is 468 g/mol. The van der Waals surface area contributed by atoms with Gasteiger partial charge in [0.25, 0.3) is 0 Å². The molecule has 31 heavy (non-hydrogen) atoms. The Labute approximate surface area is 190 Å². The van der Waals surface area contributed by atoms with Crippen LogP contribution in [0.3, 0.4) is 0 Å². The summed E-state index contributed by atoms with van der Waals surface area (Å²) in [6.45, 7) is 3.48. The minimum Gasteiger partial charge on any atom is -0.381 e. The quantitative estimate of drug-likeness (QED) is 0.595. The standard InChI is InChI=1S/C21H24Cl2FN5O2/c22-15-8-17(24)20(27-9-12-2-5-31-6-3-12)29-19(15)14-7-18(26-11-16(14)23)28-21(30)13-1-4-25-10-13/h7-8,11-13,25H,1-6,9-10H2,(H,27,29)(H,26,28,30). The third-order valence-electron chi connectivity index (χ3n) is 5.62. The van der Waals surface area contributed by atoms with Gasteiger partial charge < -0.3 is 20.7 Å². The number of ether oxygens (including phenoxy) is 1. The van der Waals surface area contributed by atoms with E-state index in [4.69, 9.17) is 27.9 Å². The SMILES string of the molecule is O=C(Nc1cc(-c2nc(NCC3CCOCC3)c(F)cc2Cl)c(Cl)cn1)C1CCNC1. The van der Waals surface area contributed by atoms with Crippen LogP contribution in [-0.2, 0) is 9.53 Å². The van der Waals surface area contributed by atoms with Crippen LogP contribution in [0.25, 0.3) is 11.3 Å². The molecule has 4 heterocycles. The van der Waals surface area contributed by atoms with Crippen molar-refractivity contribution in [3.8, 4) is 11.3 Å². The summed E-state index contributed by atoms with van der Waals surface area (Å²) in [4.78, 5) is 21.0. The molecule has 4 rings (SSSR count). The van der Waals surface area contributed by atoms with Crippen LogP contribution in [0, 0.1) is 17.7 Å². The molecule has 2 aromatic rings. The Balaban J connectivity index is 1.55. The highest BCUT2D eigenvalue weighted by atomic mass is 35.5. The van der Waals surface area contributed by atoms with Gasteiger partial charge in [0.2, 0.25) is 5.91 Å². The molecular formula is C21H24Cl2FN5O2. The number of halogens is 3. The molecule has 2 fully saturated rings. The molecule has 0 radical (unpaired) electrons. The summed E-state index contributed by atoms with van der Waals surface area (Å²) in [6.07, 6.45) is 4.05. The zero-order chi connectivity index (χ0) is 21.8. The first kappa shape index (κ1) is 22.2. The lowest BCUT2D eigenvalue weighted by molar-refractivity contribution is -0.119. The Bertz CT molecular complexity index is 950. The van der Waals surface area contributed by atoms with Gasteiger partial charge in [-0.1, -0.05) is 23.2 Å². The topological polar surface area (TPSA) is 88.2 Å². The van der Waals surface area contributed by atoms with E-state index in [-0.39, 0.29) is 22.7 Å². The van der Waals surface area contributed by atoms with E-state index in [1.54, 1.807) is 6.07 Å². The van der Waals surface area contributed by atoms with Gasteiger partial charge in [-0.15, -0.1) is 0 Å². The number of anilines is 2. The summed E-state index contributed by atoms with van der Waals surface area (Å²) in [7, 11) is 0. The van der Waals surface area contributed by atoms with E-state index < -0.39 is 5.82 Å². The lowest BCUT2D eigenvalue weighted by atomic mass is 10.0. The predicted molar refractivity (Wildman–Crippen MR) is 119 cm³/mol. The normalized spacial score (nSPS) is 19.4. The number of nitrogens with zero attached hydrogens (tertiary/aromatic N) is 2. The Morgan fingerprint density at radius 1 is 1.23 bits per heavy atom. The molecule has 1 atom stereocenters. The van der Waals surface area contributed by atoms with E-state index in [1.807, 2.05) is 0 Å². The van der Waals surface area contributed by atoms with Gasteiger partial charge in [-0.25, -0.2) is 14.4 Å². The highest BCUT2D eigenvalue weighted by Crippen LogP contribution is 2.35. The van der Waals surface area contributed by atoms with Crippen molar-refractivity contribution in [2.75, 3.05) is 43.5 Å². The Kier molecular flexibility index (Phi) is 7.22. The monoisotopic (exact) mass is 467 g/mol. The van der Waals surface area contributed by atoms with Gasteiger partial charge >= 0.3 is 0 Å². The van der Waals surface area contributed by atoms with E-state index in [1.165, 1.54) is 12.3 Å². The molecule has 10 heteroatoms. The summed E-state index contributed by atoms with van der Waals surface area (Å²) >= 11 is 12.6. The summed E-state index contributed by atoms with van der Waals surface area (Å²) < 4.78 is 19.8. The second kappa shape index (κ2) is 10.1. The van der Waals surface area contributed by atoms with Crippen molar-refractivity contribution in [2.45, 2.75) is 19.3 Å². The van der Waals surface area contributed by atoms with Crippen LogP contribution in [0.2, 0.25) is 10.0 Å². The Morgan fingerprint density at radius 3 is 2.77 bits per heavy atom. The maximum Gasteiger partial charge on any atom is 0.229 e. The molecule has 166 valence electrons. The molecule has 2 saturated heterocycles. The first-order valence-electron chi connectivity index (χ1n) is 10.4. The van der Waals surface area contributed by atoms with Gasteiger partial charge in [-0.05, 0) is 43.9 Å². The predicted octanol–water partition coefficient (Wildman–Crippen LogP) is 3.98. The van der Waals surface area contributed by atoms with E-state index in [0.29, 0.717) is 54.3 Å². The van der Waals surface area contributed by atoms with Crippen molar-refractivity contribution in [3.05, 3.63) is 34.2 Å². The second-order valence-corrected chi connectivity index (χ2v) is 8.63. The molecule has 1 amide bonds. The maximum absolute atomic E-state index is 14.5. The second-order valence-electron chi connectivity index (χ2n) is 7.81. The lowest BCUT2D eigenvalue weighted by Gasteiger charge is -2.22. The van der Waals surface area contributed by atoms with E-state index in [2.05, 4.69) is 25.9 Å². The molecule has 0 aromatic carbocycles. The van der Waals surface area contributed by atoms with Crippen molar-refractivity contribution in [2.24, 2.45) is 11.8 Å². The molecular weight excluding hydrogens is 444 g/mol. The minimum absolute atomic E-state index is 0.102. The maximum atomic E-state index is 14.5. The van der Waals surface area contributed by atoms with Gasteiger partial charge in [0.05, 0.1) is 21.7 Å². The van der Waals surface area contributed by atoms with Crippen molar-refractivity contribution in [1.82, 2.24) is 15.3 Å². The number of carbonyl (C=O) groups excluding carboxylic acids is 1. The van der Waals surface area contributed by atoms with Crippen LogP contribution >= 0.6 is 23.2 Å². The van der Waals surface area contributed by atoms with Crippen LogP contribution in [0.5, 0.6) is 0 Å². The van der Waals surface area contributed by atoms with E-state index >= 15 is 0 Å². The van der Waals surface area contributed by atoms with Gasteiger partial charge in [0.1, 0.15) is 5.82 Å². The summed E-state index contributed by atoms with van der Waals surface area (Å²) in [5.74, 6) is 0.104. The van der Waals surface area contributed by atoms with Crippen molar-refractivity contribution in [3.63, 3.8) is 0 Å². The van der Waals surface area contributed by atoms with Crippen LogP contribution in [0.1, 0.15) is 19.3 Å². The third-order valence-corrected chi connectivity index (χ3v) is 6.21. The number of rotatable bonds is 6. The Morgan fingerprint density at radius 2 is 2.03 bits per heavy atom. The molecule has 3 N–H and O–H groups in total. The minimum atomic E-state index is -0.534. The summed E-state index contributed by atoms with van der Waals surface area (Å²) in [5.41, 5.74) is 0.790. The van der Waals surface area contributed by atoms with Crippen LogP contribution < -0.4 is 16.0 Å². The zero-order valence-electron chi connectivity index (χ0n) is 16.9. The number of nitrogens with one attached hydrogen (secondary N) is 3. The number of hydrogen-bond donors (Lipinski definition) is 3. The fourth-order valence-electron chi connectivity index (χ4n) is 3.77. The van der Waals surface area contributed by atoms with Crippen molar-refractivity contribution < 1.29 is 13.9 Å². The van der Waals surface area contributed by atoms with Gasteiger partial charge in [-0.3, -0.25) is 4.79 Å². The molecule has 7 nitrogen and oxygen atoms in total. The smallest absolute Gasteiger partial charge is 0.229 e. The molecule has 0 aliphatic carbocycles. The molecule has 0 saturated carbocycles. The summed E-state index contributed by atoms with van der Waals surface area (Å²) in [5, 5.41) is 9.49. The fourth-order valence-corrected chi connectivity index (χ4v) is 4.20. The van der Waals surface area contributed by atoms with Crippen molar-refractivity contribution >= 4 is 40.7 Å². The zero-order valence-corrected chi connectivity index (χ0v) is 18.4. The van der Waals surface area contributed by atoms with Gasteiger partial charge in [0, 0.05) is 38.1 Å². The molecule has 0 bridgehead atoms. The number of carbonyl (C=O) groups is 1. The van der Waals surface area contributed by atoms with E-state index in [9.17, 15) is 9.18 Å². The molecule has 1 unspecified atom stereocenters. The van der Waals surface area contributed by atoms with Gasteiger partial charge in [0.15, 0.2) is 11.6 Å². The largest absolute Gasteiger partial charge is 0.381 e. The third kappa shape index (κ3) is 5.44. The number of aromatic nitrogens is 2. The highest BCUT2D eigenvalue weighted by molar-refractivity contribution is 6.36. The molecule has 2 aromatic heterocycles. The van der Waals surface area contributed by atoms with Crippen LogP contribution in [0.15, 0.2) is 18.3 Å². The van der Waals surface area contributed by atoms with E-state index in [0.717, 1.165) is 25.8 Å². The Hall–Kier alpha value is -2.00. The highest BCUT2D eigenvalue weighted by Gasteiger charge is 2.23. The molecule has 0 spiro atoms. The fraction of sp³-hybridized carbons (Fsp3) is 0.476. The first-order chi connectivity index (χ1) is 15.0. The number of amides is 1. The average Bonchev–Trinajstić information content (AvgIpc) is 3.31. The van der Waals surface area contributed by atoms with Crippen LogP contribution in [0.4, 0.5) is 16.0 Å². The lowest BCUT2D eigenvalue weighted by Crippen LogP contribution is -2.25. The number of pyridine rings is 2. The van der Waals surface area contributed by atoms with Crippen molar-refractivity contribution in [1.29, 1.82) is 0 Å².